The number of esters is 1. The second kappa shape index (κ2) is 6.39. The Bertz CT molecular complexity index is 651. The maximum absolute atomic E-state index is 13.4. The molecule has 112 valence electrons. The molecule has 0 aliphatic heterocycles. The Labute approximate surface area is 121 Å². The Morgan fingerprint density at radius 3 is 2.76 bits per heavy atom. The Morgan fingerprint density at radius 1 is 1.38 bits per heavy atom. The number of oxazole rings is 1. The van der Waals surface area contributed by atoms with Gasteiger partial charge in [-0.25, -0.2) is 14.2 Å². The van der Waals surface area contributed by atoms with Crippen LogP contribution in [0.1, 0.15) is 29.6 Å². The summed E-state index contributed by atoms with van der Waals surface area (Å²) in [5, 5.41) is 0. The van der Waals surface area contributed by atoms with E-state index in [1.165, 1.54) is 32.4 Å². The summed E-state index contributed by atoms with van der Waals surface area (Å²) in [6.45, 7) is 1.97. The normalized spacial score (nSPS) is 10.5. The number of nitrogens with zero attached hydrogens (tertiary/aromatic N) is 1. The zero-order chi connectivity index (χ0) is 15.4. The van der Waals surface area contributed by atoms with Gasteiger partial charge in [-0.3, -0.25) is 0 Å². The number of rotatable bonds is 5. The van der Waals surface area contributed by atoms with E-state index >= 15 is 0 Å². The standard InChI is InChI=1S/C15H16FNO4/c1-4-5-11-13(15(18)20-3)21-14(17-11)9-6-7-10(16)12(8-9)19-2/h6-8H,4-5H2,1-3H3. The van der Waals surface area contributed by atoms with E-state index < -0.39 is 11.8 Å². The predicted molar refractivity (Wildman–Crippen MR) is 73.8 cm³/mol. The SMILES string of the molecule is CCCc1nc(-c2ccc(F)c(OC)c2)oc1C(=O)OC. The van der Waals surface area contributed by atoms with Gasteiger partial charge in [-0.1, -0.05) is 13.3 Å². The van der Waals surface area contributed by atoms with Crippen molar-refractivity contribution in [1.29, 1.82) is 0 Å². The van der Waals surface area contributed by atoms with Crippen molar-refractivity contribution in [1.82, 2.24) is 4.98 Å². The smallest absolute Gasteiger partial charge is 0.376 e. The van der Waals surface area contributed by atoms with Crippen LogP contribution in [0.2, 0.25) is 0 Å². The molecule has 6 heteroatoms. The summed E-state index contributed by atoms with van der Waals surface area (Å²) in [5.74, 6) is -0.654. The second-order valence-electron chi connectivity index (χ2n) is 4.39. The summed E-state index contributed by atoms with van der Waals surface area (Å²) in [7, 11) is 2.65. The number of methoxy groups -OCH3 is 2. The van der Waals surface area contributed by atoms with Crippen molar-refractivity contribution in [3.8, 4) is 17.2 Å². The third kappa shape index (κ3) is 3.04. The molecular formula is C15H16FNO4. The summed E-state index contributed by atoms with van der Waals surface area (Å²) in [5.41, 5.74) is 1.06. The third-order valence-corrected chi connectivity index (χ3v) is 2.95. The van der Waals surface area contributed by atoms with Crippen LogP contribution >= 0.6 is 0 Å². The van der Waals surface area contributed by atoms with Gasteiger partial charge in [0.2, 0.25) is 11.7 Å². The van der Waals surface area contributed by atoms with E-state index in [9.17, 15) is 9.18 Å². The van der Waals surface area contributed by atoms with Crippen LogP contribution in [0, 0.1) is 5.82 Å². The lowest BCUT2D eigenvalue weighted by molar-refractivity contribution is 0.0564. The molecule has 0 saturated heterocycles. The molecule has 0 bridgehead atoms. The topological polar surface area (TPSA) is 61.6 Å². The predicted octanol–water partition coefficient (Wildman–Crippen LogP) is 3.23. The monoisotopic (exact) mass is 293 g/mol. The fraction of sp³-hybridized carbons (Fsp3) is 0.333. The minimum Gasteiger partial charge on any atom is -0.494 e. The summed E-state index contributed by atoms with van der Waals surface area (Å²) in [4.78, 5) is 16.0. The Hall–Kier alpha value is -2.37. The summed E-state index contributed by atoms with van der Waals surface area (Å²) >= 11 is 0. The lowest BCUT2D eigenvalue weighted by Crippen LogP contribution is -2.03. The van der Waals surface area contributed by atoms with Crippen LogP contribution in [0.25, 0.3) is 11.5 Å². The molecule has 0 atom stereocenters. The van der Waals surface area contributed by atoms with Crippen LogP contribution in [-0.4, -0.2) is 25.2 Å². The molecular weight excluding hydrogens is 277 g/mol. The van der Waals surface area contributed by atoms with Gasteiger partial charge in [0.05, 0.1) is 19.9 Å². The van der Waals surface area contributed by atoms with E-state index in [2.05, 4.69) is 9.72 Å². The molecule has 2 aromatic rings. The van der Waals surface area contributed by atoms with Crippen molar-refractivity contribution >= 4 is 5.97 Å². The minimum absolute atomic E-state index is 0.0811. The lowest BCUT2D eigenvalue weighted by Gasteiger charge is -2.02. The van der Waals surface area contributed by atoms with E-state index in [1.54, 1.807) is 0 Å². The fourth-order valence-electron chi connectivity index (χ4n) is 1.93. The van der Waals surface area contributed by atoms with Gasteiger partial charge in [0, 0.05) is 5.56 Å². The number of aromatic nitrogens is 1. The molecule has 0 aliphatic carbocycles. The molecule has 1 aromatic heterocycles. The first-order valence-corrected chi connectivity index (χ1v) is 6.52. The molecule has 0 fully saturated rings. The summed E-state index contributed by atoms with van der Waals surface area (Å²) in [6.07, 6.45) is 1.40. The van der Waals surface area contributed by atoms with Crippen molar-refractivity contribution < 1.29 is 23.1 Å². The van der Waals surface area contributed by atoms with Crippen LogP contribution in [0.3, 0.4) is 0 Å². The second-order valence-corrected chi connectivity index (χ2v) is 4.39. The van der Waals surface area contributed by atoms with Gasteiger partial charge in [0.15, 0.2) is 11.6 Å². The van der Waals surface area contributed by atoms with Crippen molar-refractivity contribution in [2.45, 2.75) is 19.8 Å². The van der Waals surface area contributed by atoms with Gasteiger partial charge in [-0.05, 0) is 24.6 Å². The van der Waals surface area contributed by atoms with Crippen molar-refractivity contribution in [2.75, 3.05) is 14.2 Å². The zero-order valence-electron chi connectivity index (χ0n) is 12.1. The number of carbonyl (C=O) groups excluding carboxylic acids is 1. The first kappa shape index (κ1) is 15.0. The lowest BCUT2D eigenvalue weighted by atomic mass is 10.2. The number of ether oxygens (including phenoxy) is 2. The fourth-order valence-corrected chi connectivity index (χ4v) is 1.93. The Kier molecular flexibility index (Phi) is 4.57. The van der Waals surface area contributed by atoms with Crippen LogP contribution in [-0.2, 0) is 11.2 Å². The van der Waals surface area contributed by atoms with E-state index in [1.807, 2.05) is 6.92 Å². The third-order valence-electron chi connectivity index (χ3n) is 2.95. The van der Waals surface area contributed by atoms with E-state index in [-0.39, 0.29) is 17.4 Å². The summed E-state index contributed by atoms with van der Waals surface area (Å²) in [6, 6.07) is 4.24. The summed E-state index contributed by atoms with van der Waals surface area (Å²) < 4.78 is 28.5. The first-order valence-electron chi connectivity index (χ1n) is 6.52. The Morgan fingerprint density at radius 2 is 2.14 bits per heavy atom. The average molecular weight is 293 g/mol. The number of benzene rings is 1. The van der Waals surface area contributed by atoms with Gasteiger partial charge < -0.3 is 13.9 Å². The maximum Gasteiger partial charge on any atom is 0.376 e. The highest BCUT2D eigenvalue weighted by Crippen LogP contribution is 2.28. The quantitative estimate of drug-likeness (QED) is 0.792. The van der Waals surface area contributed by atoms with Crippen LogP contribution in [0.5, 0.6) is 5.75 Å². The highest BCUT2D eigenvalue weighted by atomic mass is 19.1. The molecule has 0 saturated carbocycles. The van der Waals surface area contributed by atoms with Gasteiger partial charge in [-0.2, -0.15) is 0 Å². The van der Waals surface area contributed by atoms with E-state index in [4.69, 9.17) is 9.15 Å². The Balaban J connectivity index is 2.46. The largest absolute Gasteiger partial charge is 0.494 e. The highest BCUT2D eigenvalue weighted by Gasteiger charge is 2.21. The van der Waals surface area contributed by atoms with Crippen LogP contribution < -0.4 is 4.74 Å². The number of carbonyl (C=O) groups is 1. The van der Waals surface area contributed by atoms with Gasteiger partial charge in [0.1, 0.15) is 0 Å². The number of hydrogen-bond donors (Lipinski definition) is 0. The van der Waals surface area contributed by atoms with Gasteiger partial charge >= 0.3 is 5.97 Å². The van der Waals surface area contributed by atoms with Crippen LogP contribution in [0.15, 0.2) is 22.6 Å². The molecule has 0 aliphatic rings. The molecule has 0 unspecified atom stereocenters. The molecule has 1 heterocycles. The zero-order valence-corrected chi connectivity index (χ0v) is 12.1. The first-order chi connectivity index (χ1) is 10.1. The van der Waals surface area contributed by atoms with Gasteiger partial charge in [0.25, 0.3) is 0 Å². The molecule has 5 nitrogen and oxygen atoms in total. The highest BCUT2D eigenvalue weighted by molar-refractivity contribution is 5.88. The van der Waals surface area contributed by atoms with Crippen LogP contribution in [0.4, 0.5) is 4.39 Å². The molecule has 21 heavy (non-hydrogen) atoms. The molecule has 2 rings (SSSR count). The van der Waals surface area contributed by atoms with E-state index in [0.29, 0.717) is 17.7 Å². The molecule has 0 N–H and O–H groups in total. The molecule has 1 aromatic carbocycles. The molecule has 0 spiro atoms. The number of hydrogen-bond acceptors (Lipinski definition) is 5. The van der Waals surface area contributed by atoms with Gasteiger partial charge in [-0.15, -0.1) is 0 Å². The van der Waals surface area contributed by atoms with Crippen molar-refractivity contribution in [2.24, 2.45) is 0 Å². The number of aryl methyl sites for hydroxylation is 1. The van der Waals surface area contributed by atoms with Crippen molar-refractivity contribution in [3.05, 3.63) is 35.5 Å². The van der Waals surface area contributed by atoms with Crippen molar-refractivity contribution in [3.63, 3.8) is 0 Å². The molecule has 0 amide bonds. The van der Waals surface area contributed by atoms with E-state index in [0.717, 1.165) is 6.42 Å². The minimum atomic E-state index is -0.578. The number of halogens is 1. The average Bonchev–Trinajstić information content (AvgIpc) is 2.91. The maximum atomic E-state index is 13.4. The molecule has 0 radical (unpaired) electrons.